The second-order valence-electron chi connectivity index (χ2n) is 9.72. The summed E-state index contributed by atoms with van der Waals surface area (Å²) in [6.07, 6.45) is 4.11. The summed E-state index contributed by atoms with van der Waals surface area (Å²) >= 11 is 0. The van der Waals surface area contributed by atoms with E-state index in [1.165, 1.54) is 12.5 Å². The van der Waals surface area contributed by atoms with Crippen LogP contribution in [0, 0.1) is 11.6 Å². The SMILES string of the molecule is CN1CCCC12CCN(C(=O)CNC1CC1c1cc(F)cc(F)c1OCc1ccccc1)C2. The molecule has 2 saturated heterocycles. The fourth-order valence-corrected chi connectivity index (χ4v) is 5.49. The number of hydrogen-bond donors (Lipinski definition) is 1. The third-order valence-corrected chi connectivity index (χ3v) is 7.60. The van der Waals surface area contributed by atoms with Gasteiger partial charge in [-0.25, -0.2) is 8.78 Å². The summed E-state index contributed by atoms with van der Waals surface area (Å²) in [6.45, 7) is 3.16. The summed E-state index contributed by atoms with van der Waals surface area (Å²) in [5.74, 6) is -1.17. The minimum absolute atomic E-state index is 0.0138. The van der Waals surface area contributed by atoms with Crippen LogP contribution in [0.2, 0.25) is 0 Å². The van der Waals surface area contributed by atoms with Gasteiger partial charge < -0.3 is 15.0 Å². The van der Waals surface area contributed by atoms with Gasteiger partial charge in [0.15, 0.2) is 11.6 Å². The number of amides is 1. The van der Waals surface area contributed by atoms with Crippen LogP contribution in [0.1, 0.15) is 42.7 Å². The third-order valence-electron chi connectivity index (χ3n) is 7.60. The first-order valence-electron chi connectivity index (χ1n) is 11.8. The predicted octanol–water partition coefficient (Wildman–Crippen LogP) is 3.69. The quantitative estimate of drug-likeness (QED) is 0.692. The first-order valence-corrected chi connectivity index (χ1v) is 11.8. The van der Waals surface area contributed by atoms with E-state index >= 15 is 0 Å². The summed E-state index contributed by atoms with van der Waals surface area (Å²) in [5, 5.41) is 3.31. The smallest absolute Gasteiger partial charge is 0.236 e. The topological polar surface area (TPSA) is 44.8 Å². The maximum absolute atomic E-state index is 14.6. The Bertz CT molecular complexity index is 1020. The zero-order valence-electron chi connectivity index (χ0n) is 19.0. The van der Waals surface area contributed by atoms with Crippen molar-refractivity contribution in [3.8, 4) is 5.75 Å². The van der Waals surface area contributed by atoms with Gasteiger partial charge in [-0.2, -0.15) is 0 Å². The van der Waals surface area contributed by atoms with E-state index in [9.17, 15) is 13.6 Å². The Labute approximate surface area is 193 Å². The van der Waals surface area contributed by atoms with Crippen LogP contribution in [0.3, 0.4) is 0 Å². The molecule has 1 saturated carbocycles. The minimum Gasteiger partial charge on any atom is -0.486 e. The van der Waals surface area contributed by atoms with E-state index < -0.39 is 11.6 Å². The second-order valence-corrected chi connectivity index (χ2v) is 9.72. The Hall–Kier alpha value is -2.51. The summed E-state index contributed by atoms with van der Waals surface area (Å²) in [5.41, 5.74) is 1.60. The highest BCUT2D eigenvalue weighted by atomic mass is 19.1. The molecule has 3 unspecified atom stereocenters. The van der Waals surface area contributed by atoms with Crippen molar-refractivity contribution >= 4 is 5.91 Å². The Morgan fingerprint density at radius 3 is 2.76 bits per heavy atom. The van der Waals surface area contributed by atoms with Gasteiger partial charge in [0.2, 0.25) is 5.91 Å². The maximum Gasteiger partial charge on any atom is 0.236 e. The van der Waals surface area contributed by atoms with E-state index in [1.807, 2.05) is 35.2 Å². The van der Waals surface area contributed by atoms with Crippen molar-refractivity contribution < 1.29 is 18.3 Å². The largest absolute Gasteiger partial charge is 0.486 e. The van der Waals surface area contributed by atoms with Crippen LogP contribution in [0.25, 0.3) is 0 Å². The van der Waals surface area contributed by atoms with Crippen LogP contribution in [-0.4, -0.2) is 60.5 Å². The number of hydrogen-bond acceptors (Lipinski definition) is 4. The van der Waals surface area contributed by atoms with Crippen LogP contribution in [0.5, 0.6) is 5.75 Å². The molecule has 0 bridgehead atoms. The average Bonchev–Trinajstić information content (AvgIpc) is 3.31. The van der Waals surface area contributed by atoms with Crippen LogP contribution < -0.4 is 10.1 Å². The molecule has 0 radical (unpaired) electrons. The van der Waals surface area contributed by atoms with Crippen molar-refractivity contribution in [1.29, 1.82) is 0 Å². The minimum atomic E-state index is -0.689. The number of halogens is 2. The summed E-state index contributed by atoms with van der Waals surface area (Å²) < 4.78 is 34.4. The maximum atomic E-state index is 14.6. The molecule has 0 aromatic heterocycles. The molecule has 5 nitrogen and oxygen atoms in total. The first-order chi connectivity index (χ1) is 15.9. The van der Waals surface area contributed by atoms with Crippen molar-refractivity contribution in [2.24, 2.45) is 0 Å². The van der Waals surface area contributed by atoms with Gasteiger partial charge in [0.05, 0.1) is 6.54 Å². The molecule has 7 heteroatoms. The van der Waals surface area contributed by atoms with E-state index in [0.29, 0.717) is 5.56 Å². The van der Waals surface area contributed by atoms with Gasteiger partial charge in [0.1, 0.15) is 12.4 Å². The van der Waals surface area contributed by atoms with Crippen molar-refractivity contribution in [2.75, 3.05) is 33.2 Å². The monoisotopic (exact) mass is 455 g/mol. The van der Waals surface area contributed by atoms with Gasteiger partial charge in [-0.15, -0.1) is 0 Å². The Morgan fingerprint density at radius 1 is 1.18 bits per heavy atom. The zero-order valence-corrected chi connectivity index (χ0v) is 19.0. The van der Waals surface area contributed by atoms with E-state index in [-0.39, 0.29) is 42.3 Å². The van der Waals surface area contributed by atoms with Crippen LogP contribution in [-0.2, 0) is 11.4 Å². The Balaban J connectivity index is 1.18. The number of likely N-dealkylation sites (tertiary alicyclic amines) is 2. The van der Waals surface area contributed by atoms with E-state index in [2.05, 4.69) is 17.3 Å². The fraction of sp³-hybridized carbons (Fsp3) is 0.500. The highest BCUT2D eigenvalue weighted by molar-refractivity contribution is 5.79. The standard InChI is InChI=1S/C26H31F2N3O2/c1-30-10-5-8-26(30)9-11-31(17-26)24(32)15-29-23-14-20(23)21-12-19(27)13-22(28)25(21)33-16-18-6-3-2-4-7-18/h2-4,6-7,12-13,20,23,29H,5,8-11,14-17H2,1H3. The molecule has 1 amide bonds. The van der Waals surface area contributed by atoms with Gasteiger partial charge in [0, 0.05) is 42.2 Å². The average molecular weight is 456 g/mol. The summed E-state index contributed by atoms with van der Waals surface area (Å²) in [4.78, 5) is 17.2. The molecule has 1 N–H and O–H groups in total. The normalized spacial score (nSPS) is 26.8. The molecule has 2 aliphatic heterocycles. The van der Waals surface area contributed by atoms with E-state index in [4.69, 9.17) is 4.74 Å². The molecule has 2 aromatic rings. The Morgan fingerprint density at radius 2 is 2.00 bits per heavy atom. The molecule has 2 heterocycles. The van der Waals surface area contributed by atoms with Crippen molar-refractivity contribution in [1.82, 2.24) is 15.1 Å². The van der Waals surface area contributed by atoms with Crippen molar-refractivity contribution in [3.05, 3.63) is 65.2 Å². The zero-order chi connectivity index (χ0) is 23.0. The molecular weight excluding hydrogens is 424 g/mol. The van der Waals surface area contributed by atoms with Crippen LogP contribution >= 0.6 is 0 Å². The summed E-state index contributed by atoms with van der Waals surface area (Å²) in [7, 11) is 2.16. The lowest BCUT2D eigenvalue weighted by Gasteiger charge is -2.31. The molecule has 176 valence electrons. The third kappa shape index (κ3) is 4.62. The van der Waals surface area contributed by atoms with E-state index in [1.54, 1.807) is 0 Å². The van der Waals surface area contributed by atoms with Gasteiger partial charge >= 0.3 is 0 Å². The first kappa shape index (κ1) is 22.3. The lowest BCUT2D eigenvalue weighted by Crippen LogP contribution is -2.46. The number of likely N-dealkylation sites (N-methyl/N-ethyl adjacent to an activating group) is 1. The number of benzene rings is 2. The lowest BCUT2D eigenvalue weighted by molar-refractivity contribution is -0.129. The number of nitrogens with zero attached hydrogens (tertiary/aromatic N) is 2. The number of carbonyl (C=O) groups is 1. The van der Waals surface area contributed by atoms with Gasteiger partial charge in [-0.3, -0.25) is 9.69 Å². The fourth-order valence-electron chi connectivity index (χ4n) is 5.49. The number of rotatable bonds is 7. The molecule has 3 atom stereocenters. The number of ether oxygens (including phenoxy) is 1. The molecule has 2 aromatic carbocycles. The highest BCUT2D eigenvalue weighted by Crippen LogP contribution is 2.46. The Kier molecular flexibility index (Phi) is 6.10. The molecule has 33 heavy (non-hydrogen) atoms. The lowest BCUT2D eigenvalue weighted by atomic mass is 9.96. The van der Waals surface area contributed by atoms with Crippen molar-refractivity contribution in [3.63, 3.8) is 0 Å². The van der Waals surface area contributed by atoms with Crippen LogP contribution in [0.4, 0.5) is 8.78 Å². The van der Waals surface area contributed by atoms with Gasteiger partial charge in [0.25, 0.3) is 0 Å². The molecule has 1 aliphatic carbocycles. The molecular formula is C26H31F2N3O2. The second kappa shape index (κ2) is 9.03. The molecule has 5 rings (SSSR count). The van der Waals surface area contributed by atoms with E-state index in [0.717, 1.165) is 50.5 Å². The van der Waals surface area contributed by atoms with Crippen molar-refractivity contribution in [2.45, 2.75) is 49.8 Å². The van der Waals surface area contributed by atoms with Gasteiger partial charge in [-0.1, -0.05) is 30.3 Å². The predicted molar refractivity (Wildman–Crippen MR) is 122 cm³/mol. The summed E-state index contributed by atoms with van der Waals surface area (Å²) in [6, 6.07) is 11.7. The molecule has 1 spiro atoms. The van der Waals surface area contributed by atoms with Crippen LogP contribution in [0.15, 0.2) is 42.5 Å². The molecule has 3 aliphatic rings. The molecule has 3 fully saturated rings. The highest BCUT2D eigenvalue weighted by Gasteiger charge is 2.46. The van der Waals surface area contributed by atoms with Gasteiger partial charge in [-0.05, 0) is 50.9 Å². The number of carbonyl (C=O) groups excluding carboxylic acids is 1. The number of nitrogens with one attached hydrogen (secondary N) is 1.